The van der Waals surface area contributed by atoms with E-state index in [4.69, 9.17) is 19.9 Å². The molecule has 0 saturated carbocycles. The van der Waals surface area contributed by atoms with Crippen LogP contribution in [0.4, 0.5) is 11.6 Å². The van der Waals surface area contributed by atoms with Crippen LogP contribution in [0.1, 0.15) is 137 Å². The van der Waals surface area contributed by atoms with Crippen molar-refractivity contribution in [2.24, 2.45) is 0 Å². The summed E-state index contributed by atoms with van der Waals surface area (Å²) in [5, 5.41) is 13.4. The normalized spacial score (nSPS) is 25.9. The third kappa shape index (κ3) is 8.79. The van der Waals surface area contributed by atoms with Crippen molar-refractivity contribution in [3.05, 3.63) is 131 Å². The number of nitrogens with one attached hydrogen (secondary N) is 2. The third-order valence-electron chi connectivity index (χ3n) is 18.3. The second-order valence-corrected chi connectivity index (χ2v) is 23.9. The SMILES string of the molecule is C[C@@H]1CCc2ncnc(N3CCN(C(C(=O)C([C@@H](c4cccc5ccccc45)[C@@H]4CCC(C)(C)N4)N4CCN(c5ncnc6c5[C@H](C)CC6)CC4)[C@@H](c4cccc5ccccc45)[C@@H]4CCC(C)(C)N4)CC3)c21. The average molecular weight is 965 g/mol. The molecule has 0 amide bonds. The standard InChI is InChI=1S/C61H76N10O/c1-39-21-23-47-51(39)58(64-37-62-47)70-33-29-68(30-34-70)55(53(49-25-27-60(3,4)66-49)45-19-11-15-41-13-7-9-17-43(41)45)57(72)56(69-31-35-71(36-32-69)59-52-40(2)22-24-48(52)63-38-65-59)54(50-26-28-61(5,6)67-50)46-20-12-16-42-14-8-10-18-44(42)46/h7-20,37-40,49-50,53-56,66-67H,21-36H2,1-6H3/t39-,40-,49+,50+,53+,54+,55?,56?/m1/s1. The van der Waals surface area contributed by atoms with Gasteiger partial charge < -0.3 is 20.4 Å². The van der Waals surface area contributed by atoms with E-state index in [9.17, 15) is 0 Å². The zero-order valence-corrected chi connectivity index (χ0v) is 43.7. The highest BCUT2D eigenvalue weighted by molar-refractivity contribution is 5.95. The number of rotatable bonds is 12. The van der Waals surface area contributed by atoms with Gasteiger partial charge in [-0.3, -0.25) is 14.6 Å². The summed E-state index contributed by atoms with van der Waals surface area (Å²) in [5.74, 6) is 3.24. The van der Waals surface area contributed by atoms with E-state index in [1.807, 2.05) is 0 Å². The van der Waals surface area contributed by atoms with Crippen molar-refractivity contribution in [2.45, 2.75) is 152 Å². The van der Waals surface area contributed by atoms with Gasteiger partial charge in [0.1, 0.15) is 24.3 Å². The van der Waals surface area contributed by atoms with Gasteiger partial charge in [0.2, 0.25) is 0 Å². The summed E-state index contributed by atoms with van der Waals surface area (Å²) >= 11 is 0. The summed E-state index contributed by atoms with van der Waals surface area (Å²) in [4.78, 5) is 47.5. The summed E-state index contributed by atoms with van der Waals surface area (Å²) in [6.07, 6.45) is 12.0. The molecule has 72 heavy (non-hydrogen) atoms. The molecule has 6 aromatic rings. The van der Waals surface area contributed by atoms with Crippen molar-refractivity contribution in [3.8, 4) is 0 Å². The monoisotopic (exact) mass is 965 g/mol. The predicted molar refractivity (Wildman–Crippen MR) is 292 cm³/mol. The van der Waals surface area contributed by atoms with Crippen LogP contribution in [-0.4, -0.2) is 123 Å². The van der Waals surface area contributed by atoms with Crippen LogP contribution < -0.4 is 20.4 Å². The maximum absolute atomic E-state index is 17.7. The van der Waals surface area contributed by atoms with Crippen LogP contribution in [0.25, 0.3) is 21.5 Å². The molecule has 0 radical (unpaired) electrons. The van der Waals surface area contributed by atoms with Crippen LogP contribution in [0.5, 0.6) is 0 Å². The van der Waals surface area contributed by atoms with Crippen molar-refractivity contribution in [1.82, 2.24) is 40.4 Å². The number of anilines is 2. The fraction of sp³-hybridized carbons (Fsp3) is 0.525. The Bertz CT molecular complexity index is 2750. The Balaban J connectivity index is 1.01. The smallest absolute Gasteiger partial charge is 0.168 e. The van der Waals surface area contributed by atoms with Gasteiger partial charge in [0.05, 0.1) is 12.1 Å². The highest BCUT2D eigenvalue weighted by atomic mass is 16.1. The average Bonchev–Trinajstić information content (AvgIpc) is 4.18. The molecule has 8 atom stereocenters. The molecule has 12 rings (SSSR count). The molecule has 4 aromatic carbocycles. The van der Waals surface area contributed by atoms with Gasteiger partial charge in [-0.1, -0.05) is 98.8 Å². The van der Waals surface area contributed by atoms with E-state index in [0.717, 1.165) is 115 Å². The minimum atomic E-state index is -0.403. The first-order chi connectivity index (χ1) is 34.9. The van der Waals surface area contributed by atoms with E-state index in [-0.39, 0.29) is 35.0 Å². The predicted octanol–water partition coefficient (Wildman–Crippen LogP) is 9.55. The molecule has 11 heteroatoms. The first kappa shape index (κ1) is 47.7. The number of hydrogen-bond donors (Lipinski definition) is 2. The summed E-state index contributed by atoms with van der Waals surface area (Å²) in [5.41, 5.74) is 7.53. The van der Waals surface area contributed by atoms with E-state index in [2.05, 4.69) is 157 Å². The van der Waals surface area contributed by atoms with Crippen LogP contribution in [0.2, 0.25) is 0 Å². The van der Waals surface area contributed by atoms with Crippen molar-refractivity contribution in [1.29, 1.82) is 0 Å². The Labute approximate surface area is 427 Å². The second kappa shape index (κ2) is 19.2. The van der Waals surface area contributed by atoms with Gasteiger partial charge in [0.15, 0.2) is 5.78 Å². The summed E-state index contributed by atoms with van der Waals surface area (Å²) in [6.45, 7) is 20.4. The molecular weight excluding hydrogens is 889 g/mol. The number of benzene rings is 4. The highest BCUT2D eigenvalue weighted by Crippen LogP contribution is 2.46. The van der Waals surface area contributed by atoms with E-state index in [0.29, 0.717) is 17.6 Å². The lowest BCUT2D eigenvalue weighted by Gasteiger charge is -2.49. The quantitative estimate of drug-likeness (QED) is 0.123. The molecule has 6 heterocycles. The van der Waals surface area contributed by atoms with Crippen LogP contribution in [0.3, 0.4) is 0 Å². The largest absolute Gasteiger partial charge is 0.354 e. The zero-order valence-electron chi connectivity index (χ0n) is 43.7. The number of aryl methyl sites for hydroxylation is 2. The van der Waals surface area contributed by atoms with Crippen molar-refractivity contribution >= 4 is 39.0 Å². The third-order valence-corrected chi connectivity index (χ3v) is 18.3. The Morgan fingerprint density at radius 1 is 0.528 bits per heavy atom. The molecule has 4 fully saturated rings. The number of hydrogen-bond acceptors (Lipinski definition) is 11. The summed E-state index contributed by atoms with van der Waals surface area (Å²) in [7, 11) is 0. The number of ketones is 1. The Kier molecular flexibility index (Phi) is 12.7. The first-order valence-corrected chi connectivity index (χ1v) is 27.6. The van der Waals surface area contributed by atoms with Gasteiger partial charge in [-0.25, -0.2) is 19.9 Å². The van der Waals surface area contributed by atoms with Crippen LogP contribution in [0.15, 0.2) is 97.6 Å². The van der Waals surface area contributed by atoms with E-state index >= 15 is 4.79 Å². The molecule has 2 aliphatic carbocycles. The fourth-order valence-corrected chi connectivity index (χ4v) is 14.7. The molecular formula is C61H76N10O. The van der Waals surface area contributed by atoms with Gasteiger partial charge in [-0.05, 0) is 124 Å². The molecule has 2 N–H and O–H groups in total. The molecule has 2 unspecified atom stereocenters. The number of carbonyl (C=O) groups excluding carboxylic acids is 1. The molecule has 0 spiro atoms. The van der Waals surface area contributed by atoms with Gasteiger partial charge in [-0.15, -0.1) is 0 Å². The van der Waals surface area contributed by atoms with E-state index in [1.165, 1.54) is 55.2 Å². The van der Waals surface area contributed by atoms with Gasteiger partial charge in [0.25, 0.3) is 0 Å². The molecule has 4 aliphatic heterocycles. The van der Waals surface area contributed by atoms with Crippen LogP contribution in [0, 0.1) is 0 Å². The lowest BCUT2D eigenvalue weighted by Crippen LogP contribution is -2.64. The molecule has 4 saturated heterocycles. The summed E-state index contributed by atoms with van der Waals surface area (Å²) < 4.78 is 0. The molecule has 2 aromatic heterocycles. The second-order valence-electron chi connectivity index (χ2n) is 23.9. The fourth-order valence-electron chi connectivity index (χ4n) is 14.7. The number of Topliss-reactive ketones (excluding diaryl/α,β-unsaturated/α-hetero) is 1. The van der Waals surface area contributed by atoms with Gasteiger partial charge in [-0.2, -0.15) is 0 Å². The maximum atomic E-state index is 17.7. The van der Waals surface area contributed by atoms with Crippen molar-refractivity contribution in [3.63, 3.8) is 0 Å². The summed E-state index contributed by atoms with van der Waals surface area (Å²) in [6, 6.07) is 30.9. The number of carbonyl (C=O) groups is 1. The zero-order chi connectivity index (χ0) is 49.3. The minimum absolute atomic E-state index is 0.0525. The van der Waals surface area contributed by atoms with E-state index in [1.54, 1.807) is 12.7 Å². The Morgan fingerprint density at radius 3 is 1.33 bits per heavy atom. The Hall–Kier alpha value is -5.33. The topological polar surface area (TPSA) is 106 Å². The number of aromatic nitrogens is 4. The highest BCUT2D eigenvalue weighted by Gasteiger charge is 2.52. The number of fused-ring (bicyclic) bond motifs is 4. The Morgan fingerprint density at radius 2 is 0.931 bits per heavy atom. The van der Waals surface area contributed by atoms with Crippen molar-refractivity contribution in [2.75, 3.05) is 62.2 Å². The minimum Gasteiger partial charge on any atom is -0.354 e. The molecule has 0 bridgehead atoms. The molecule has 11 nitrogen and oxygen atoms in total. The van der Waals surface area contributed by atoms with Crippen LogP contribution >= 0.6 is 0 Å². The van der Waals surface area contributed by atoms with Gasteiger partial charge in [0, 0.05) is 110 Å². The maximum Gasteiger partial charge on any atom is 0.168 e. The van der Waals surface area contributed by atoms with E-state index < -0.39 is 12.1 Å². The molecule has 6 aliphatic rings. The van der Waals surface area contributed by atoms with Crippen molar-refractivity contribution < 1.29 is 4.79 Å². The first-order valence-electron chi connectivity index (χ1n) is 27.6. The molecule has 376 valence electrons. The number of piperazine rings is 2. The lowest BCUT2D eigenvalue weighted by atomic mass is 9.73. The lowest BCUT2D eigenvalue weighted by molar-refractivity contribution is -0.132. The van der Waals surface area contributed by atoms with Gasteiger partial charge >= 0.3 is 0 Å². The number of nitrogens with zero attached hydrogens (tertiary/aromatic N) is 8. The van der Waals surface area contributed by atoms with Crippen LogP contribution in [-0.2, 0) is 17.6 Å².